The first-order valence-corrected chi connectivity index (χ1v) is 10.1. The Kier molecular flexibility index (Phi) is 5.98. The lowest BCUT2D eigenvalue weighted by Crippen LogP contribution is -2.42. The first kappa shape index (κ1) is 21.0. The number of aliphatic hydroxyl groups is 2. The van der Waals surface area contributed by atoms with E-state index in [1.807, 2.05) is 30.3 Å². The summed E-state index contributed by atoms with van der Waals surface area (Å²) in [6, 6.07) is 9.98. The second-order valence-corrected chi connectivity index (χ2v) is 7.24. The van der Waals surface area contributed by atoms with Crippen molar-refractivity contribution < 1.29 is 19.7 Å². The molecule has 0 aliphatic carbocycles. The van der Waals surface area contributed by atoms with Crippen LogP contribution in [0.5, 0.6) is 0 Å². The van der Waals surface area contributed by atoms with E-state index in [1.54, 1.807) is 6.92 Å². The molecule has 0 saturated carbocycles. The van der Waals surface area contributed by atoms with Crippen LogP contribution in [-0.4, -0.2) is 67.0 Å². The Morgan fingerprint density at radius 3 is 2.74 bits per heavy atom. The van der Waals surface area contributed by atoms with Crippen LogP contribution in [0.1, 0.15) is 18.7 Å². The average Bonchev–Trinajstić information content (AvgIpc) is 3.31. The van der Waals surface area contributed by atoms with Gasteiger partial charge in [0, 0.05) is 13.1 Å². The van der Waals surface area contributed by atoms with E-state index in [1.165, 1.54) is 16.5 Å². The van der Waals surface area contributed by atoms with Crippen LogP contribution in [0.25, 0.3) is 11.2 Å². The number of aromatic nitrogens is 4. The van der Waals surface area contributed by atoms with Gasteiger partial charge in [0.15, 0.2) is 23.8 Å². The van der Waals surface area contributed by atoms with Crippen molar-refractivity contribution in [2.24, 2.45) is 0 Å². The maximum absolute atomic E-state index is 12.1. The van der Waals surface area contributed by atoms with E-state index in [0.29, 0.717) is 30.2 Å². The maximum atomic E-state index is 12.1. The van der Waals surface area contributed by atoms with Crippen molar-refractivity contribution in [2.75, 3.05) is 24.1 Å². The molecule has 0 unspecified atom stereocenters. The minimum Gasteiger partial charge on any atom is -0.387 e. The highest BCUT2D eigenvalue weighted by atomic mass is 16.6. The van der Waals surface area contributed by atoms with E-state index >= 15 is 0 Å². The standard InChI is InChI=1S/C20H25N7O4/c1-2-22-18(30)15-13(28)14(29)19(31-15)27-10-24-12-16(21)25-20(26-17(12)27)23-9-8-11-6-4-3-5-7-11/h3-7,10,13-15,19,28-29H,2,8-9H2,1H3,(H,22,30)(H3,21,23,25,26)/t13-,14+,15-,19+/m0/s1. The molecule has 11 heteroatoms. The number of benzene rings is 1. The van der Waals surface area contributed by atoms with Crippen LogP contribution in [0.4, 0.5) is 11.8 Å². The molecule has 2 aromatic heterocycles. The Morgan fingerprint density at radius 2 is 2.00 bits per heavy atom. The number of nitrogen functional groups attached to an aromatic ring is 1. The molecule has 1 aliphatic rings. The number of ether oxygens (including phenoxy) is 1. The number of hydrogen-bond acceptors (Lipinski definition) is 9. The highest BCUT2D eigenvalue weighted by Gasteiger charge is 2.47. The molecular formula is C20H25N7O4. The van der Waals surface area contributed by atoms with Crippen LogP contribution in [0.3, 0.4) is 0 Å². The van der Waals surface area contributed by atoms with Crippen LogP contribution in [0.2, 0.25) is 0 Å². The van der Waals surface area contributed by atoms with Crippen molar-refractivity contribution in [2.45, 2.75) is 37.9 Å². The number of carbonyl (C=O) groups excluding carboxylic acids is 1. The number of carbonyl (C=O) groups is 1. The SMILES string of the molecule is CCNC(=O)[C@H]1O[C@@H](n2cnc3c(N)nc(NCCc4ccccc4)nc32)[C@H](O)[C@@H]1O. The Hall–Kier alpha value is -3.28. The number of hydrogen-bond donors (Lipinski definition) is 5. The zero-order valence-electron chi connectivity index (χ0n) is 17.0. The van der Waals surface area contributed by atoms with Gasteiger partial charge in [-0.1, -0.05) is 30.3 Å². The molecule has 1 fully saturated rings. The molecule has 1 saturated heterocycles. The van der Waals surface area contributed by atoms with Gasteiger partial charge < -0.3 is 31.3 Å². The monoisotopic (exact) mass is 427 g/mol. The molecule has 11 nitrogen and oxygen atoms in total. The fourth-order valence-corrected chi connectivity index (χ4v) is 3.55. The predicted octanol–water partition coefficient (Wildman–Crippen LogP) is -0.182. The van der Waals surface area contributed by atoms with E-state index in [9.17, 15) is 15.0 Å². The Bertz CT molecular complexity index is 1060. The summed E-state index contributed by atoms with van der Waals surface area (Å²) in [4.78, 5) is 25.0. The summed E-state index contributed by atoms with van der Waals surface area (Å²) >= 11 is 0. The summed E-state index contributed by atoms with van der Waals surface area (Å²) in [7, 11) is 0. The number of rotatable bonds is 7. The molecule has 3 heterocycles. The van der Waals surface area contributed by atoms with Crippen molar-refractivity contribution in [3.05, 3.63) is 42.2 Å². The highest BCUT2D eigenvalue weighted by molar-refractivity contribution is 5.83. The first-order valence-electron chi connectivity index (χ1n) is 10.1. The van der Waals surface area contributed by atoms with Crippen molar-refractivity contribution in [3.63, 3.8) is 0 Å². The van der Waals surface area contributed by atoms with E-state index in [0.717, 1.165) is 6.42 Å². The van der Waals surface area contributed by atoms with Gasteiger partial charge in [-0.25, -0.2) is 4.98 Å². The normalized spacial score (nSPS) is 23.2. The first-order chi connectivity index (χ1) is 15.0. The maximum Gasteiger partial charge on any atom is 0.252 e. The van der Waals surface area contributed by atoms with Crippen molar-refractivity contribution in [1.82, 2.24) is 24.8 Å². The number of imidazole rings is 1. The van der Waals surface area contributed by atoms with E-state index in [2.05, 4.69) is 25.6 Å². The number of nitrogens with two attached hydrogens (primary N) is 1. The number of nitrogens with zero attached hydrogens (tertiary/aromatic N) is 4. The van der Waals surface area contributed by atoms with Crippen LogP contribution < -0.4 is 16.4 Å². The van der Waals surface area contributed by atoms with Gasteiger partial charge in [0.25, 0.3) is 5.91 Å². The molecule has 0 spiro atoms. The zero-order valence-corrected chi connectivity index (χ0v) is 17.0. The molecule has 1 aliphatic heterocycles. The van der Waals surface area contributed by atoms with Crippen molar-refractivity contribution >= 4 is 28.8 Å². The minimum atomic E-state index is -1.39. The summed E-state index contributed by atoms with van der Waals surface area (Å²) in [6.07, 6.45) is -2.84. The smallest absolute Gasteiger partial charge is 0.252 e. The second-order valence-electron chi connectivity index (χ2n) is 7.24. The average molecular weight is 427 g/mol. The molecule has 1 aromatic carbocycles. The lowest BCUT2D eigenvalue weighted by molar-refractivity contribution is -0.137. The summed E-state index contributed by atoms with van der Waals surface area (Å²) < 4.78 is 7.11. The van der Waals surface area contributed by atoms with Gasteiger partial charge in [0.05, 0.1) is 6.33 Å². The molecule has 3 aromatic rings. The molecular weight excluding hydrogens is 402 g/mol. The van der Waals surface area contributed by atoms with Gasteiger partial charge in [-0.15, -0.1) is 0 Å². The van der Waals surface area contributed by atoms with Gasteiger partial charge in [0.2, 0.25) is 5.95 Å². The third-order valence-corrected chi connectivity index (χ3v) is 5.11. The Morgan fingerprint density at radius 1 is 1.23 bits per heavy atom. The lowest BCUT2D eigenvalue weighted by Gasteiger charge is -2.16. The Balaban J connectivity index is 1.55. The number of fused-ring (bicyclic) bond motifs is 1. The zero-order chi connectivity index (χ0) is 22.0. The highest BCUT2D eigenvalue weighted by Crippen LogP contribution is 2.32. The molecule has 31 heavy (non-hydrogen) atoms. The number of likely N-dealkylation sites (N-methyl/N-ethyl adjacent to an activating group) is 1. The fraction of sp³-hybridized carbons (Fsp3) is 0.400. The summed E-state index contributed by atoms with van der Waals surface area (Å²) in [5.74, 6) is -0.0337. The number of anilines is 2. The molecule has 0 radical (unpaired) electrons. The van der Waals surface area contributed by atoms with Crippen LogP contribution in [0.15, 0.2) is 36.7 Å². The molecule has 0 bridgehead atoms. The largest absolute Gasteiger partial charge is 0.387 e. The van der Waals surface area contributed by atoms with Crippen LogP contribution in [-0.2, 0) is 16.0 Å². The number of aliphatic hydroxyl groups excluding tert-OH is 2. The van der Waals surface area contributed by atoms with Gasteiger partial charge in [-0.05, 0) is 18.9 Å². The fourth-order valence-electron chi connectivity index (χ4n) is 3.55. The predicted molar refractivity (Wildman–Crippen MR) is 113 cm³/mol. The quantitative estimate of drug-likeness (QED) is 0.344. The van der Waals surface area contributed by atoms with Gasteiger partial charge in [-0.3, -0.25) is 9.36 Å². The molecule has 4 atom stereocenters. The topological polar surface area (TPSA) is 160 Å². The van der Waals surface area contributed by atoms with Crippen LogP contribution >= 0.6 is 0 Å². The summed E-state index contributed by atoms with van der Waals surface area (Å²) in [5.41, 5.74) is 7.87. The third kappa shape index (κ3) is 4.15. The second kappa shape index (κ2) is 8.84. The molecule has 164 valence electrons. The molecule has 6 N–H and O–H groups in total. The van der Waals surface area contributed by atoms with Crippen LogP contribution in [0, 0.1) is 0 Å². The van der Waals surface area contributed by atoms with Gasteiger partial charge in [-0.2, -0.15) is 9.97 Å². The molecule has 1 amide bonds. The lowest BCUT2D eigenvalue weighted by atomic mass is 10.1. The van der Waals surface area contributed by atoms with E-state index in [-0.39, 0.29) is 5.82 Å². The van der Waals surface area contributed by atoms with E-state index < -0.39 is 30.4 Å². The van der Waals surface area contributed by atoms with Crippen molar-refractivity contribution in [3.8, 4) is 0 Å². The summed E-state index contributed by atoms with van der Waals surface area (Å²) in [5, 5.41) is 26.5. The van der Waals surface area contributed by atoms with Gasteiger partial charge in [0.1, 0.15) is 17.7 Å². The van der Waals surface area contributed by atoms with Gasteiger partial charge >= 0.3 is 0 Å². The number of amides is 1. The van der Waals surface area contributed by atoms with E-state index in [4.69, 9.17) is 10.5 Å². The van der Waals surface area contributed by atoms with Crippen molar-refractivity contribution in [1.29, 1.82) is 0 Å². The summed E-state index contributed by atoms with van der Waals surface area (Å²) in [6.45, 7) is 2.72. The minimum absolute atomic E-state index is 0.166. The Labute approximate surface area is 178 Å². The number of nitrogens with one attached hydrogen (secondary N) is 2. The third-order valence-electron chi connectivity index (χ3n) is 5.11. The molecule has 4 rings (SSSR count).